The third-order valence-corrected chi connectivity index (χ3v) is 3.60. The minimum Gasteiger partial charge on any atom is -0.385 e. The van der Waals surface area contributed by atoms with Crippen LogP contribution < -0.4 is 5.32 Å². The Bertz CT molecular complexity index is 429. The molecule has 0 aliphatic rings. The molecule has 0 radical (unpaired) electrons. The number of halogens is 2. The highest BCUT2D eigenvalue weighted by molar-refractivity contribution is 14.0. The summed E-state index contributed by atoms with van der Waals surface area (Å²) in [6.07, 6.45) is 0.939. The average Bonchev–Trinajstić information content (AvgIpc) is 2.44. The molecule has 0 saturated heterocycles. The van der Waals surface area contributed by atoms with Gasteiger partial charge in [-0.15, -0.1) is 24.0 Å². The number of methoxy groups -OCH3 is 1. The summed E-state index contributed by atoms with van der Waals surface area (Å²) >= 11 is 3.58. The smallest absolute Gasteiger partial charge is 0.193 e. The van der Waals surface area contributed by atoms with Crippen molar-refractivity contribution in [2.75, 3.05) is 33.9 Å². The second kappa shape index (κ2) is 12.2. The molecule has 0 saturated carbocycles. The van der Waals surface area contributed by atoms with Crippen LogP contribution in [0.4, 0.5) is 0 Å². The SMILES string of the molecule is CCNC(=NCCCOC)N(C)Cc1ccccc1Br.I. The lowest BCUT2D eigenvalue weighted by molar-refractivity contribution is 0.197. The van der Waals surface area contributed by atoms with Gasteiger partial charge in [-0.2, -0.15) is 0 Å². The zero-order chi connectivity index (χ0) is 14.8. The Morgan fingerprint density at radius 1 is 1.38 bits per heavy atom. The van der Waals surface area contributed by atoms with Crippen LogP contribution in [0, 0.1) is 0 Å². The van der Waals surface area contributed by atoms with E-state index in [1.54, 1.807) is 7.11 Å². The third kappa shape index (κ3) is 8.01. The van der Waals surface area contributed by atoms with Gasteiger partial charge in [-0.05, 0) is 25.0 Å². The lowest BCUT2D eigenvalue weighted by atomic mass is 10.2. The molecule has 0 fully saturated rings. The summed E-state index contributed by atoms with van der Waals surface area (Å²) in [5.41, 5.74) is 1.25. The Balaban J connectivity index is 0.00000400. The van der Waals surface area contributed by atoms with E-state index in [1.807, 2.05) is 6.07 Å². The Hall–Kier alpha value is -0.340. The van der Waals surface area contributed by atoms with Crippen molar-refractivity contribution in [2.45, 2.75) is 19.9 Å². The Kier molecular flexibility index (Phi) is 12.0. The second-order valence-electron chi connectivity index (χ2n) is 4.53. The van der Waals surface area contributed by atoms with Gasteiger partial charge in [-0.1, -0.05) is 34.1 Å². The van der Waals surface area contributed by atoms with E-state index in [0.717, 1.165) is 43.1 Å². The van der Waals surface area contributed by atoms with Gasteiger partial charge in [-0.3, -0.25) is 4.99 Å². The van der Waals surface area contributed by atoms with Crippen molar-refractivity contribution in [3.05, 3.63) is 34.3 Å². The fourth-order valence-electron chi connectivity index (χ4n) is 1.82. The maximum absolute atomic E-state index is 5.05. The van der Waals surface area contributed by atoms with E-state index in [2.05, 4.69) is 63.3 Å². The molecule has 0 atom stereocenters. The number of nitrogens with one attached hydrogen (secondary N) is 1. The van der Waals surface area contributed by atoms with Crippen LogP contribution in [0.25, 0.3) is 0 Å². The largest absolute Gasteiger partial charge is 0.385 e. The van der Waals surface area contributed by atoms with Gasteiger partial charge in [0, 0.05) is 44.9 Å². The van der Waals surface area contributed by atoms with Gasteiger partial charge in [0.05, 0.1) is 0 Å². The molecule has 0 aliphatic heterocycles. The fraction of sp³-hybridized carbons (Fsp3) is 0.533. The Morgan fingerprint density at radius 2 is 2.10 bits per heavy atom. The van der Waals surface area contributed by atoms with Crippen molar-refractivity contribution in [2.24, 2.45) is 4.99 Å². The number of nitrogens with zero attached hydrogens (tertiary/aromatic N) is 2. The molecule has 1 N–H and O–H groups in total. The minimum atomic E-state index is 0. The third-order valence-electron chi connectivity index (χ3n) is 2.83. The predicted octanol–water partition coefficient (Wildman–Crippen LogP) is 3.50. The van der Waals surface area contributed by atoms with E-state index in [-0.39, 0.29) is 24.0 Å². The molecule has 1 aromatic rings. The normalized spacial score (nSPS) is 11.0. The van der Waals surface area contributed by atoms with Crippen LogP contribution in [0.1, 0.15) is 18.9 Å². The van der Waals surface area contributed by atoms with Crippen LogP contribution >= 0.6 is 39.9 Å². The lowest BCUT2D eigenvalue weighted by Crippen LogP contribution is -2.38. The summed E-state index contributed by atoms with van der Waals surface area (Å²) in [4.78, 5) is 6.75. The summed E-state index contributed by atoms with van der Waals surface area (Å²) in [5, 5.41) is 3.32. The number of guanidine groups is 1. The molecule has 6 heteroatoms. The topological polar surface area (TPSA) is 36.9 Å². The molecule has 0 bridgehead atoms. The van der Waals surface area contributed by atoms with E-state index < -0.39 is 0 Å². The number of benzene rings is 1. The number of aliphatic imine (C=N–C) groups is 1. The van der Waals surface area contributed by atoms with E-state index in [4.69, 9.17) is 4.74 Å². The predicted molar refractivity (Wildman–Crippen MR) is 103 cm³/mol. The first kappa shape index (κ1) is 20.7. The zero-order valence-corrected chi connectivity index (χ0v) is 16.9. The number of rotatable bonds is 7. The van der Waals surface area contributed by atoms with Crippen molar-refractivity contribution in [3.8, 4) is 0 Å². The summed E-state index contributed by atoms with van der Waals surface area (Å²) in [7, 11) is 3.77. The van der Waals surface area contributed by atoms with Gasteiger partial charge >= 0.3 is 0 Å². The van der Waals surface area contributed by atoms with Crippen molar-refractivity contribution >= 4 is 45.9 Å². The van der Waals surface area contributed by atoms with E-state index in [1.165, 1.54) is 5.56 Å². The van der Waals surface area contributed by atoms with Crippen LogP contribution in [0.2, 0.25) is 0 Å². The first-order valence-electron chi connectivity index (χ1n) is 6.90. The molecule has 1 aromatic carbocycles. The van der Waals surface area contributed by atoms with E-state index in [0.29, 0.717) is 0 Å². The monoisotopic (exact) mass is 469 g/mol. The summed E-state index contributed by atoms with van der Waals surface area (Å²) in [6, 6.07) is 8.26. The van der Waals surface area contributed by atoms with Gasteiger partial charge in [0.25, 0.3) is 0 Å². The molecule has 4 nitrogen and oxygen atoms in total. The van der Waals surface area contributed by atoms with Crippen LogP contribution in [0.3, 0.4) is 0 Å². The highest BCUT2D eigenvalue weighted by Gasteiger charge is 2.08. The average molecular weight is 470 g/mol. The van der Waals surface area contributed by atoms with Gasteiger partial charge in [0.1, 0.15) is 0 Å². The molecule has 1 rings (SSSR count). The van der Waals surface area contributed by atoms with Crippen molar-refractivity contribution in [3.63, 3.8) is 0 Å². The second-order valence-corrected chi connectivity index (χ2v) is 5.38. The Morgan fingerprint density at radius 3 is 2.71 bits per heavy atom. The minimum absolute atomic E-state index is 0. The lowest BCUT2D eigenvalue weighted by Gasteiger charge is -2.22. The quantitative estimate of drug-likeness (QED) is 0.287. The zero-order valence-electron chi connectivity index (χ0n) is 12.9. The first-order chi connectivity index (χ1) is 9.69. The molecule has 0 heterocycles. The molecular formula is C15H25BrIN3O. The van der Waals surface area contributed by atoms with Gasteiger partial charge in [0.2, 0.25) is 0 Å². The van der Waals surface area contributed by atoms with Gasteiger partial charge in [-0.25, -0.2) is 0 Å². The molecule has 0 amide bonds. The van der Waals surface area contributed by atoms with Crippen LogP contribution in [-0.2, 0) is 11.3 Å². The van der Waals surface area contributed by atoms with Gasteiger partial charge in [0.15, 0.2) is 5.96 Å². The number of hydrogen-bond donors (Lipinski definition) is 1. The van der Waals surface area contributed by atoms with E-state index >= 15 is 0 Å². The van der Waals surface area contributed by atoms with Crippen molar-refractivity contribution < 1.29 is 4.74 Å². The maximum atomic E-state index is 5.05. The summed E-state index contributed by atoms with van der Waals surface area (Å²) in [6.45, 7) is 5.28. The van der Waals surface area contributed by atoms with E-state index in [9.17, 15) is 0 Å². The van der Waals surface area contributed by atoms with Crippen LogP contribution in [0.5, 0.6) is 0 Å². The Labute approximate surface area is 153 Å². The summed E-state index contributed by atoms with van der Waals surface area (Å²) in [5.74, 6) is 0.930. The first-order valence-corrected chi connectivity index (χ1v) is 7.70. The molecule has 0 unspecified atom stereocenters. The van der Waals surface area contributed by atoms with Crippen molar-refractivity contribution in [1.29, 1.82) is 0 Å². The molecular weight excluding hydrogens is 445 g/mol. The van der Waals surface area contributed by atoms with Crippen molar-refractivity contribution in [1.82, 2.24) is 10.2 Å². The molecule has 120 valence electrons. The maximum Gasteiger partial charge on any atom is 0.193 e. The van der Waals surface area contributed by atoms with Crippen LogP contribution in [0.15, 0.2) is 33.7 Å². The molecule has 0 aliphatic carbocycles. The number of hydrogen-bond acceptors (Lipinski definition) is 2. The number of ether oxygens (including phenoxy) is 1. The van der Waals surface area contributed by atoms with Gasteiger partial charge < -0.3 is 15.0 Å². The van der Waals surface area contributed by atoms with Crippen LogP contribution in [-0.4, -0.2) is 44.7 Å². The summed E-state index contributed by atoms with van der Waals surface area (Å²) < 4.78 is 6.17. The fourth-order valence-corrected chi connectivity index (χ4v) is 2.23. The molecule has 0 spiro atoms. The highest BCUT2D eigenvalue weighted by Crippen LogP contribution is 2.17. The standard InChI is InChI=1S/C15H24BrN3O.HI/c1-4-17-15(18-10-7-11-20-3)19(2)12-13-8-5-6-9-14(13)16;/h5-6,8-9H,4,7,10-12H2,1-3H3,(H,17,18);1H. The molecule has 0 aromatic heterocycles. The molecule has 21 heavy (non-hydrogen) atoms. The highest BCUT2D eigenvalue weighted by atomic mass is 127.